The number of esters is 1. The van der Waals surface area contributed by atoms with E-state index in [9.17, 15) is 9.59 Å². The van der Waals surface area contributed by atoms with Crippen molar-refractivity contribution in [1.29, 1.82) is 0 Å². The number of hydrogen-bond acceptors (Lipinski definition) is 4. The molecular formula is C10H15IN2O3. The predicted molar refractivity (Wildman–Crippen MR) is 66.1 cm³/mol. The van der Waals surface area contributed by atoms with Gasteiger partial charge in [-0.2, -0.15) is 0 Å². The molecule has 1 N–H and O–H groups in total. The molecule has 0 aliphatic carbocycles. The summed E-state index contributed by atoms with van der Waals surface area (Å²) < 4.78 is 4.90. The van der Waals surface area contributed by atoms with Gasteiger partial charge in [0.2, 0.25) is 5.91 Å². The normalized spacial score (nSPS) is 33.0. The summed E-state index contributed by atoms with van der Waals surface area (Å²) in [7, 11) is 0. The second-order valence-corrected chi connectivity index (χ2v) is 5.26. The van der Waals surface area contributed by atoms with E-state index in [1.807, 2.05) is 0 Å². The third kappa shape index (κ3) is 1.71. The summed E-state index contributed by atoms with van der Waals surface area (Å²) >= 11 is 2.22. The molecule has 0 saturated carbocycles. The third-order valence-corrected chi connectivity index (χ3v) is 4.85. The zero-order valence-electron chi connectivity index (χ0n) is 9.16. The minimum atomic E-state index is -0.396. The fraction of sp³-hybridized carbons (Fsp3) is 0.800. The standard InChI is InChI=1S/C10H15IN2O3/c1-2-16-7(14)6-13-8(11)10(9(13)15)4-3-5-12-10/h8,12H,2-6H2,1H3. The van der Waals surface area contributed by atoms with E-state index in [2.05, 4.69) is 27.9 Å². The summed E-state index contributed by atoms with van der Waals surface area (Å²) in [5, 5.41) is 3.25. The summed E-state index contributed by atoms with van der Waals surface area (Å²) in [6.45, 7) is 3.08. The van der Waals surface area contributed by atoms with E-state index in [-0.39, 0.29) is 22.5 Å². The van der Waals surface area contributed by atoms with Gasteiger partial charge in [-0.25, -0.2) is 0 Å². The average molecular weight is 338 g/mol. The van der Waals surface area contributed by atoms with Crippen LogP contribution in [0.15, 0.2) is 0 Å². The molecule has 16 heavy (non-hydrogen) atoms. The van der Waals surface area contributed by atoms with E-state index in [0.717, 1.165) is 19.4 Å². The second kappa shape index (κ2) is 4.48. The highest BCUT2D eigenvalue weighted by atomic mass is 127. The lowest BCUT2D eigenvalue weighted by molar-refractivity contribution is -0.162. The van der Waals surface area contributed by atoms with Crippen LogP contribution in [0.2, 0.25) is 0 Å². The molecule has 6 heteroatoms. The minimum absolute atomic E-state index is 0.0393. The van der Waals surface area contributed by atoms with Gasteiger partial charge in [-0.15, -0.1) is 0 Å². The fourth-order valence-corrected chi connectivity index (χ4v) is 3.56. The molecule has 2 fully saturated rings. The number of halogens is 1. The quantitative estimate of drug-likeness (QED) is 0.264. The number of carbonyl (C=O) groups is 2. The summed E-state index contributed by atoms with van der Waals surface area (Å²) in [5.41, 5.74) is -0.396. The number of alkyl halides is 1. The molecular weight excluding hydrogens is 323 g/mol. The Hall–Kier alpha value is -0.370. The highest BCUT2D eigenvalue weighted by Crippen LogP contribution is 2.41. The Kier molecular flexibility index (Phi) is 3.39. The lowest BCUT2D eigenvalue weighted by Crippen LogP contribution is -2.76. The molecule has 0 bridgehead atoms. The van der Waals surface area contributed by atoms with Gasteiger partial charge < -0.3 is 15.0 Å². The Morgan fingerprint density at radius 1 is 1.75 bits per heavy atom. The van der Waals surface area contributed by atoms with Crippen LogP contribution in [0.1, 0.15) is 19.8 Å². The van der Waals surface area contributed by atoms with Gasteiger partial charge in [0.25, 0.3) is 0 Å². The lowest BCUT2D eigenvalue weighted by atomic mass is 9.87. The van der Waals surface area contributed by atoms with Crippen LogP contribution in [0.5, 0.6) is 0 Å². The SMILES string of the molecule is CCOC(=O)CN1C(=O)C2(CCCN2)C1I. The molecule has 5 nitrogen and oxygen atoms in total. The Balaban J connectivity index is 1.95. The summed E-state index contributed by atoms with van der Waals surface area (Å²) in [6.07, 6.45) is 1.90. The van der Waals surface area contributed by atoms with Crippen LogP contribution < -0.4 is 5.32 Å². The number of rotatable bonds is 3. The van der Waals surface area contributed by atoms with Crippen molar-refractivity contribution in [3.05, 3.63) is 0 Å². The number of β-lactam (4-membered cyclic amide) rings is 1. The van der Waals surface area contributed by atoms with Crippen LogP contribution >= 0.6 is 22.6 Å². The molecule has 2 aliphatic rings. The van der Waals surface area contributed by atoms with Crippen LogP contribution in [0, 0.1) is 0 Å². The third-order valence-electron chi connectivity index (χ3n) is 3.12. The molecule has 2 heterocycles. The largest absolute Gasteiger partial charge is 0.465 e. The lowest BCUT2D eigenvalue weighted by Gasteiger charge is -2.51. The zero-order chi connectivity index (χ0) is 11.8. The first-order chi connectivity index (χ1) is 7.62. The number of ether oxygens (including phenoxy) is 1. The molecule has 0 radical (unpaired) electrons. The van der Waals surface area contributed by atoms with E-state index in [0.29, 0.717) is 6.61 Å². The Morgan fingerprint density at radius 2 is 2.50 bits per heavy atom. The highest BCUT2D eigenvalue weighted by molar-refractivity contribution is 14.1. The van der Waals surface area contributed by atoms with Crippen molar-refractivity contribution in [1.82, 2.24) is 10.2 Å². The molecule has 0 aromatic heterocycles. The molecule has 0 aromatic rings. The van der Waals surface area contributed by atoms with Gasteiger partial charge in [-0.05, 0) is 26.3 Å². The highest BCUT2D eigenvalue weighted by Gasteiger charge is 2.60. The number of nitrogens with one attached hydrogen (secondary N) is 1. The first-order valence-electron chi connectivity index (χ1n) is 5.47. The van der Waals surface area contributed by atoms with E-state index in [1.165, 1.54) is 0 Å². The molecule has 1 spiro atoms. The number of nitrogens with zero attached hydrogens (tertiary/aromatic N) is 1. The van der Waals surface area contributed by atoms with Crippen molar-refractivity contribution >= 4 is 34.5 Å². The summed E-state index contributed by atoms with van der Waals surface area (Å²) in [6, 6.07) is 0. The van der Waals surface area contributed by atoms with Crippen LogP contribution in [0.3, 0.4) is 0 Å². The van der Waals surface area contributed by atoms with Crippen LogP contribution in [-0.2, 0) is 14.3 Å². The monoisotopic (exact) mass is 338 g/mol. The molecule has 2 aliphatic heterocycles. The fourth-order valence-electron chi connectivity index (χ4n) is 2.31. The zero-order valence-corrected chi connectivity index (χ0v) is 11.3. The topological polar surface area (TPSA) is 58.6 Å². The van der Waals surface area contributed by atoms with Crippen molar-refractivity contribution < 1.29 is 14.3 Å². The number of carbonyl (C=O) groups excluding carboxylic acids is 2. The molecule has 1 amide bonds. The smallest absolute Gasteiger partial charge is 0.325 e. The number of amides is 1. The maximum Gasteiger partial charge on any atom is 0.325 e. The Bertz CT molecular complexity index is 315. The van der Waals surface area contributed by atoms with E-state index in [1.54, 1.807) is 11.8 Å². The summed E-state index contributed by atoms with van der Waals surface area (Å²) in [4.78, 5) is 24.9. The van der Waals surface area contributed by atoms with Crippen LogP contribution in [0.25, 0.3) is 0 Å². The van der Waals surface area contributed by atoms with Crippen LogP contribution in [0.4, 0.5) is 0 Å². The first kappa shape index (κ1) is 12.1. The maximum absolute atomic E-state index is 12.0. The molecule has 0 aromatic carbocycles. The van der Waals surface area contributed by atoms with Crippen molar-refractivity contribution in [2.24, 2.45) is 0 Å². The average Bonchev–Trinajstić information content (AvgIpc) is 2.76. The van der Waals surface area contributed by atoms with Crippen LogP contribution in [-0.4, -0.2) is 46.1 Å². The predicted octanol–water partition coefficient (Wildman–Crippen LogP) is 0.275. The van der Waals surface area contributed by atoms with Gasteiger partial charge in [-0.1, -0.05) is 22.6 Å². The van der Waals surface area contributed by atoms with E-state index in [4.69, 9.17) is 4.74 Å². The van der Waals surface area contributed by atoms with Gasteiger partial charge in [0.1, 0.15) is 16.1 Å². The molecule has 2 saturated heterocycles. The van der Waals surface area contributed by atoms with Gasteiger partial charge in [0.05, 0.1) is 6.61 Å². The molecule has 2 atom stereocenters. The van der Waals surface area contributed by atoms with Gasteiger partial charge in [-0.3, -0.25) is 9.59 Å². The molecule has 90 valence electrons. The first-order valence-corrected chi connectivity index (χ1v) is 6.72. The number of hydrogen-bond donors (Lipinski definition) is 1. The van der Waals surface area contributed by atoms with Gasteiger partial charge in [0.15, 0.2) is 0 Å². The molecule has 2 rings (SSSR count). The minimum Gasteiger partial charge on any atom is -0.465 e. The van der Waals surface area contributed by atoms with Gasteiger partial charge >= 0.3 is 5.97 Å². The van der Waals surface area contributed by atoms with Crippen molar-refractivity contribution in [3.63, 3.8) is 0 Å². The Morgan fingerprint density at radius 3 is 3.00 bits per heavy atom. The number of likely N-dealkylation sites (tertiary alicyclic amines) is 1. The van der Waals surface area contributed by atoms with Crippen molar-refractivity contribution in [2.75, 3.05) is 19.7 Å². The molecule has 2 unspecified atom stereocenters. The second-order valence-electron chi connectivity index (χ2n) is 4.08. The van der Waals surface area contributed by atoms with Gasteiger partial charge in [0, 0.05) is 0 Å². The van der Waals surface area contributed by atoms with E-state index >= 15 is 0 Å². The van der Waals surface area contributed by atoms with E-state index < -0.39 is 5.54 Å². The van der Waals surface area contributed by atoms with Crippen molar-refractivity contribution in [3.8, 4) is 0 Å². The Labute approximate surface area is 108 Å². The summed E-state index contributed by atoms with van der Waals surface area (Å²) in [5.74, 6) is -0.289. The maximum atomic E-state index is 12.0. The van der Waals surface area contributed by atoms with Crippen molar-refractivity contribution in [2.45, 2.75) is 29.4 Å².